The largest absolute Gasteiger partial charge is 0.573 e. The van der Waals surface area contributed by atoms with Gasteiger partial charge in [-0.3, -0.25) is 0 Å². The van der Waals surface area contributed by atoms with E-state index in [4.69, 9.17) is 9.84 Å². The molecule has 0 unspecified atom stereocenters. The van der Waals surface area contributed by atoms with Crippen molar-refractivity contribution >= 4 is 5.97 Å². The molecular weight excluding hydrogens is 265 g/mol. The maximum Gasteiger partial charge on any atom is 0.573 e. The van der Waals surface area contributed by atoms with Crippen molar-refractivity contribution in [1.82, 2.24) is 0 Å². The van der Waals surface area contributed by atoms with Crippen molar-refractivity contribution in [1.29, 1.82) is 0 Å². The number of carboxylic acids is 1. The maximum atomic E-state index is 12.1. The lowest BCUT2D eigenvalue weighted by atomic mass is 9.91. The second-order valence-electron chi connectivity index (χ2n) is 4.20. The fourth-order valence-corrected chi connectivity index (χ4v) is 2.33. The number of ether oxygens (including phenoxy) is 2. The molecule has 0 spiro atoms. The first kappa shape index (κ1) is 12.0. The Balaban J connectivity index is 1.93. The quantitative estimate of drug-likeness (QED) is 0.899. The van der Waals surface area contributed by atoms with E-state index in [-0.39, 0.29) is 11.3 Å². The van der Waals surface area contributed by atoms with Gasteiger partial charge in [-0.05, 0) is 29.3 Å². The normalized spacial score (nSPS) is 24.1. The van der Waals surface area contributed by atoms with Crippen LogP contribution in [0.1, 0.15) is 23.3 Å². The minimum Gasteiger partial charge on any atom is -0.478 e. The summed E-state index contributed by atoms with van der Waals surface area (Å²) < 4.78 is 45.5. The Morgan fingerprint density at radius 3 is 2.68 bits per heavy atom. The Morgan fingerprint density at radius 2 is 2.05 bits per heavy atom. The van der Waals surface area contributed by atoms with E-state index in [1.165, 1.54) is 18.2 Å². The number of hydrogen-bond donors (Lipinski definition) is 1. The SMILES string of the molecule is O=C(O)C1=C[C@@H]2O[C@@H]1c1ccc(OC(F)(F)F)cc12. The minimum atomic E-state index is -4.76. The van der Waals surface area contributed by atoms with E-state index in [2.05, 4.69) is 4.74 Å². The van der Waals surface area contributed by atoms with Crippen LogP contribution in [0.25, 0.3) is 0 Å². The fourth-order valence-electron chi connectivity index (χ4n) is 2.33. The van der Waals surface area contributed by atoms with Crippen LogP contribution in [0.3, 0.4) is 0 Å². The molecule has 3 rings (SSSR count). The maximum absolute atomic E-state index is 12.1. The van der Waals surface area contributed by atoms with Gasteiger partial charge in [-0.25, -0.2) is 4.79 Å². The molecule has 0 saturated carbocycles. The van der Waals surface area contributed by atoms with Gasteiger partial charge in [-0.2, -0.15) is 0 Å². The van der Waals surface area contributed by atoms with E-state index in [1.807, 2.05) is 0 Å². The summed E-state index contributed by atoms with van der Waals surface area (Å²) in [6.45, 7) is 0. The number of aliphatic carboxylic acids is 1. The number of halogens is 3. The van der Waals surface area contributed by atoms with Crippen molar-refractivity contribution in [3.63, 3.8) is 0 Å². The zero-order valence-corrected chi connectivity index (χ0v) is 9.27. The van der Waals surface area contributed by atoms with E-state index in [1.54, 1.807) is 0 Å². The van der Waals surface area contributed by atoms with Crippen LogP contribution in [0.4, 0.5) is 13.2 Å². The lowest BCUT2D eigenvalue weighted by Crippen LogP contribution is -2.17. The van der Waals surface area contributed by atoms with E-state index >= 15 is 0 Å². The highest BCUT2D eigenvalue weighted by molar-refractivity contribution is 5.89. The second-order valence-corrected chi connectivity index (χ2v) is 4.20. The molecule has 100 valence electrons. The van der Waals surface area contributed by atoms with E-state index < -0.39 is 24.5 Å². The van der Waals surface area contributed by atoms with Crippen molar-refractivity contribution in [3.05, 3.63) is 41.0 Å². The van der Waals surface area contributed by atoms with Gasteiger partial charge in [0.2, 0.25) is 0 Å². The van der Waals surface area contributed by atoms with Crippen LogP contribution in [-0.4, -0.2) is 17.4 Å². The summed E-state index contributed by atoms with van der Waals surface area (Å²) in [6, 6.07) is 3.77. The standard InChI is InChI=1S/C12H7F3O4/c13-12(14,15)19-5-1-2-6-7(3-5)9-4-8(11(16)17)10(6)18-9/h1-4,9-10H,(H,16,17)/t9-,10+/m0/s1. The van der Waals surface area contributed by atoms with Crippen molar-refractivity contribution in [3.8, 4) is 5.75 Å². The summed E-state index contributed by atoms with van der Waals surface area (Å²) in [5, 5.41) is 8.95. The third-order valence-electron chi connectivity index (χ3n) is 3.02. The van der Waals surface area contributed by atoms with Gasteiger partial charge in [0.15, 0.2) is 0 Å². The average molecular weight is 272 g/mol. The summed E-state index contributed by atoms with van der Waals surface area (Å²) in [4.78, 5) is 10.9. The van der Waals surface area contributed by atoms with Gasteiger partial charge < -0.3 is 14.6 Å². The van der Waals surface area contributed by atoms with Crippen molar-refractivity contribution in [2.75, 3.05) is 0 Å². The molecule has 4 nitrogen and oxygen atoms in total. The molecule has 1 aromatic carbocycles. The fraction of sp³-hybridized carbons (Fsp3) is 0.250. The van der Waals surface area contributed by atoms with Crippen LogP contribution in [-0.2, 0) is 9.53 Å². The van der Waals surface area contributed by atoms with Gasteiger partial charge >= 0.3 is 12.3 Å². The average Bonchev–Trinajstić information content (AvgIpc) is 2.84. The van der Waals surface area contributed by atoms with Crippen LogP contribution in [0.2, 0.25) is 0 Å². The summed E-state index contributed by atoms with van der Waals surface area (Å²) >= 11 is 0. The highest BCUT2D eigenvalue weighted by atomic mass is 19.4. The first-order chi connectivity index (χ1) is 8.85. The Labute approximate surface area is 105 Å². The summed E-state index contributed by atoms with van der Waals surface area (Å²) in [7, 11) is 0. The second kappa shape index (κ2) is 3.74. The summed E-state index contributed by atoms with van der Waals surface area (Å²) in [6.07, 6.45) is -4.69. The van der Waals surface area contributed by atoms with E-state index in [9.17, 15) is 18.0 Å². The molecule has 0 radical (unpaired) electrons. The zero-order chi connectivity index (χ0) is 13.8. The van der Waals surface area contributed by atoms with Crippen LogP contribution in [0.5, 0.6) is 5.75 Å². The van der Waals surface area contributed by atoms with Crippen molar-refractivity contribution in [2.45, 2.75) is 18.6 Å². The first-order valence-electron chi connectivity index (χ1n) is 5.35. The number of carboxylic acid groups (broad SMARTS) is 1. The third-order valence-corrected chi connectivity index (χ3v) is 3.02. The third kappa shape index (κ3) is 1.95. The Kier molecular flexibility index (Phi) is 2.37. The number of hydrogen-bond acceptors (Lipinski definition) is 3. The summed E-state index contributed by atoms with van der Waals surface area (Å²) in [5.74, 6) is -1.43. The molecule has 0 saturated heterocycles. The van der Waals surface area contributed by atoms with Gasteiger partial charge in [0.1, 0.15) is 18.0 Å². The molecule has 0 fully saturated rings. The Hall–Kier alpha value is -2.02. The number of alkyl halides is 3. The van der Waals surface area contributed by atoms with Crippen LogP contribution in [0, 0.1) is 0 Å². The molecule has 2 atom stereocenters. The van der Waals surface area contributed by atoms with Crippen LogP contribution >= 0.6 is 0 Å². The number of carbonyl (C=O) groups is 1. The van der Waals surface area contributed by atoms with Gasteiger partial charge in [0.25, 0.3) is 0 Å². The molecule has 2 aliphatic rings. The predicted molar refractivity (Wildman–Crippen MR) is 55.4 cm³/mol. The van der Waals surface area contributed by atoms with Crippen molar-refractivity contribution < 1.29 is 32.5 Å². The molecule has 1 N–H and O–H groups in total. The summed E-state index contributed by atoms with van der Waals surface area (Å²) in [5.41, 5.74) is 1.19. The highest BCUT2D eigenvalue weighted by Crippen LogP contribution is 2.50. The minimum absolute atomic E-state index is 0.113. The first-order valence-corrected chi connectivity index (χ1v) is 5.35. The zero-order valence-electron chi connectivity index (χ0n) is 9.27. The highest BCUT2D eigenvalue weighted by Gasteiger charge is 2.42. The molecule has 2 heterocycles. The molecule has 2 bridgehead atoms. The molecular formula is C12H7F3O4. The lowest BCUT2D eigenvalue weighted by Gasteiger charge is -2.14. The molecule has 19 heavy (non-hydrogen) atoms. The lowest BCUT2D eigenvalue weighted by molar-refractivity contribution is -0.274. The molecule has 2 aliphatic heterocycles. The van der Waals surface area contributed by atoms with Crippen molar-refractivity contribution in [2.24, 2.45) is 0 Å². The molecule has 7 heteroatoms. The van der Waals surface area contributed by atoms with Gasteiger partial charge in [0.05, 0.1) is 5.57 Å². The topological polar surface area (TPSA) is 55.8 Å². The Bertz CT molecular complexity index is 591. The smallest absolute Gasteiger partial charge is 0.478 e. The van der Waals surface area contributed by atoms with Gasteiger partial charge in [-0.15, -0.1) is 13.2 Å². The van der Waals surface area contributed by atoms with Gasteiger partial charge in [0, 0.05) is 0 Å². The Morgan fingerprint density at radius 1 is 1.32 bits per heavy atom. The predicted octanol–water partition coefficient (Wildman–Crippen LogP) is 2.72. The van der Waals surface area contributed by atoms with E-state index in [0.717, 1.165) is 6.07 Å². The molecule has 0 aliphatic carbocycles. The monoisotopic (exact) mass is 272 g/mol. The molecule has 0 amide bonds. The molecule has 1 aromatic rings. The van der Waals surface area contributed by atoms with Crippen LogP contribution < -0.4 is 4.74 Å². The number of rotatable bonds is 2. The number of benzene rings is 1. The van der Waals surface area contributed by atoms with E-state index in [0.29, 0.717) is 11.1 Å². The van der Waals surface area contributed by atoms with Crippen LogP contribution in [0.15, 0.2) is 29.8 Å². The number of fused-ring (bicyclic) bond motifs is 5. The molecule has 0 aromatic heterocycles. The van der Waals surface area contributed by atoms with Gasteiger partial charge in [-0.1, -0.05) is 6.07 Å².